The fraction of sp³-hybridized carbons (Fsp3) is 0.300. The highest BCUT2D eigenvalue weighted by Crippen LogP contribution is 2.35. The molecule has 0 radical (unpaired) electrons. The molecule has 0 saturated carbocycles. The minimum atomic E-state index is -1.68. The van der Waals surface area contributed by atoms with E-state index in [1.165, 1.54) is 0 Å². The maximum absolute atomic E-state index is 13.7. The molecule has 0 aromatic heterocycles. The van der Waals surface area contributed by atoms with Gasteiger partial charge in [0.1, 0.15) is 0 Å². The average molecular weight is 471 g/mol. The van der Waals surface area contributed by atoms with Crippen LogP contribution < -0.4 is 10.6 Å². The molecule has 1 aliphatic rings. The predicted molar refractivity (Wildman–Crippen MR) is 104 cm³/mol. The number of hydrogen-bond donors (Lipinski definition) is 2. The summed E-state index contributed by atoms with van der Waals surface area (Å²) in [6, 6.07) is 8.96. The third kappa shape index (κ3) is 4.62. The van der Waals surface area contributed by atoms with Crippen LogP contribution in [0.4, 0.5) is 18.9 Å². The Labute approximate surface area is 173 Å². The molecule has 2 N–H and O–H groups in total. The van der Waals surface area contributed by atoms with Crippen LogP contribution in [-0.4, -0.2) is 31.6 Å². The Morgan fingerprint density at radius 2 is 1.66 bits per heavy atom. The second-order valence-electron chi connectivity index (χ2n) is 6.66. The van der Waals surface area contributed by atoms with Crippen molar-refractivity contribution in [2.45, 2.75) is 18.3 Å². The van der Waals surface area contributed by atoms with Gasteiger partial charge in [0.25, 0.3) is 0 Å². The van der Waals surface area contributed by atoms with Crippen molar-refractivity contribution in [3.05, 3.63) is 63.9 Å². The zero-order valence-electron chi connectivity index (χ0n) is 15.2. The monoisotopic (exact) mass is 470 g/mol. The van der Waals surface area contributed by atoms with Crippen LogP contribution in [0.1, 0.15) is 18.4 Å². The molecule has 1 saturated heterocycles. The summed E-state index contributed by atoms with van der Waals surface area (Å²) in [5.41, 5.74) is -0.558. The van der Waals surface area contributed by atoms with Gasteiger partial charge in [-0.3, -0.25) is 9.59 Å². The number of benzene rings is 2. The molecule has 2 aromatic carbocycles. The van der Waals surface area contributed by atoms with E-state index in [-0.39, 0.29) is 5.91 Å². The number of halogens is 4. The van der Waals surface area contributed by atoms with Crippen molar-refractivity contribution in [2.75, 3.05) is 25.1 Å². The number of anilines is 1. The fourth-order valence-corrected chi connectivity index (χ4v) is 3.55. The van der Waals surface area contributed by atoms with E-state index in [1.54, 1.807) is 0 Å². The lowest BCUT2D eigenvalue weighted by atomic mass is 9.73. The number of rotatable bonds is 5. The molecule has 9 heteroatoms. The topological polar surface area (TPSA) is 67.4 Å². The van der Waals surface area contributed by atoms with Crippen LogP contribution in [0.2, 0.25) is 0 Å². The predicted octanol–water partition coefficient (Wildman–Crippen LogP) is 3.67. The highest BCUT2D eigenvalue weighted by Gasteiger charge is 2.41. The molecular formula is C20H18BrF3N2O3. The fourth-order valence-electron chi connectivity index (χ4n) is 3.28. The summed E-state index contributed by atoms with van der Waals surface area (Å²) in [6.07, 6.45) is 0.889. The standard InChI is InChI=1S/C20H18BrF3N2O3/c21-13-3-1-12(2-4-13)20(7-9-29-10-8-20)19(28)25-11-16(27)26-15-6-5-14(22)17(23)18(15)24/h1-6H,7-11H2,(H,25,28)(H,26,27). The third-order valence-corrected chi connectivity index (χ3v) is 5.43. The molecule has 0 atom stereocenters. The van der Waals surface area contributed by atoms with Crippen molar-refractivity contribution in [3.8, 4) is 0 Å². The Hall–Kier alpha value is -2.39. The maximum atomic E-state index is 13.7. The van der Waals surface area contributed by atoms with Crippen molar-refractivity contribution in [3.63, 3.8) is 0 Å². The molecule has 1 aliphatic heterocycles. The Morgan fingerprint density at radius 1 is 1.00 bits per heavy atom. The van der Waals surface area contributed by atoms with E-state index >= 15 is 0 Å². The second-order valence-corrected chi connectivity index (χ2v) is 7.57. The van der Waals surface area contributed by atoms with Crippen LogP contribution in [0.3, 0.4) is 0 Å². The number of amides is 2. The van der Waals surface area contributed by atoms with Crippen molar-refractivity contribution in [2.24, 2.45) is 0 Å². The van der Waals surface area contributed by atoms with Gasteiger partial charge in [-0.05, 0) is 42.7 Å². The first-order chi connectivity index (χ1) is 13.8. The molecular weight excluding hydrogens is 453 g/mol. The minimum absolute atomic E-state index is 0.357. The van der Waals surface area contributed by atoms with Crippen LogP contribution in [-0.2, 0) is 19.7 Å². The quantitative estimate of drug-likeness (QED) is 0.655. The van der Waals surface area contributed by atoms with Gasteiger partial charge in [-0.2, -0.15) is 0 Å². The molecule has 3 rings (SSSR count). The van der Waals surface area contributed by atoms with Gasteiger partial charge in [-0.1, -0.05) is 28.1 Å². The lowest BCUT2D eigenvalue weighted by molar-refractivity contribution is -0.132. The van der Waals surface area contributed by atoms with Crippen molar-refractivity contribution >= 4 is 33.4 Å². The summed E-state index contributed by atoms with van der Waals surface area (Å²) in [5, 5.41) is 4.69. The highest BCUT2D eigenvalue weighted by molar-refractivity contribution is 9.10. The lowest BCUT2D eigenvalue weighted by Crippen LogP contribution is -2.49. The van der Waals surface area contributed by atoms with Gasteiger partial charge in [-0.15, -0.1) is 0 Å². The van der Waals surface area contributed by atoms with E-state index < -0.39 is 41.0 Å². The smallest absolute Gasteiger partial charge is 0.243 e. The first kappa shape index (κ1) is 21.3. The molecule has 5 nitrogen and oxygen atoms in total. The molecule has 2 aromatic rings. The van der Waals surface area contributed by atoms with E-state index in [0.29, 0.717) is 32.1 Å². The zero-order valence-corrected chi connectivity index (χ0v) is 16.8. The Kier molecular flexibility index (Phi) is 6.59. The molecule has 1 fully saturated rings. The maximum Gasteiger partial charge on any atom is 0.243 e. The number of hydrogen-bond acceptors (Lipinski definition) is 3. The molecule has 1 heterocycles. The second kappa shape index (κ2) is 8.96. The van der Waals surface area contributed by atoms with Crippen molar-refractivity contribution in [1.29, 1.82) is 0 Å². The van der Waals surface area contributed by atoms with Gasteiger partial charge in [0, 0.05) is 17.7 Å². The molecule has 29 heavy (non-hydrogen) atoms. The van der Waals surface area contributed by atoms with Crippen LogP contribution in [0.5, 0.6) is 0 Å². The Balaban J connectivity index is 1.69. The van der Waals surface area contributed by atoms with E-state index in [1.807, 2.05) is 24.3 Å². The first-order valence-corrected chi connectivity index (χ1v) is 9.68. The summed E-state index contributed by atoms with van der Waals surface area (Å²) < 4.78 is 46.2. The SMILES string of the molecule is O=C(CNC(=O)C1(c2ccc(Br)cc2)CCOCC1)Nc1ccc(F)c(F)c1F. The molecule has 0 unspecified atom stereocenters. The van der Waals surface area contributed by atoms with Crippen molar-refractivity contribution in [1.82, 2.24) is 5.32 Å². The summed E-state index contributed by atoms with van der Waals surface area (Å²) in [5.74, 6) is -5.65. The van der Waals surface area contributed by atoms with Crippen LogP contribution >= 0.6 is 15.9 Å². The van der Waals surface area contributed by atoms with Gasteiger partial charge >= 0.3 is 0 Å². The summed E-state index contributed by atoms with van der Waals surface area (Å²) in [6.45, 7) is 0.349. The third-order valence-electron chi connectivity index (χ3n) is 4.90. The molecule has 0 spiro atoms. The highest BCUT2D eigenvalue weighted by atomic mass is 79.9. The Morgan fingerprint density at radius 3 is 2.31 bits per heavy atom. The summed E-state index contributed by atoms with van der Waals surface area (Å²) in [4.78, 5) is 25.1. The van der Waals surface area contributed by atoms with Gasteiger partial charge in [-0.25, -0.2) is 13.2 Å². The van der Waals surface area contributed by atoms with E-state index in [2.05, 4.69) is 26.6 Å². The normalized spacial score (nSPS) is 15.6. The van der Waals surface area contributed by atoms with Gasteiger partial charge in [0.05, 0.1) is 17.6 Å². The number of nitrogens with one attached hydrogen (secondary N) is 2. The van der Waals surface area contributed by atoms with Crippen LogP contribution in [0.25, 0.3) is 0 Å². The largest absolute Gasteiger partial charge is 0.381 e. The summed E-state index contributed by atoms with van der Waals surface area (Å²) >= 11 is 3.36. The first-order valence-electron chi connectivity index (χ1n) is 8.89. The van der Waals surface area contributed by atoms with Crippen LogP contribution in [0, 0.1) is 17.5 Å². The van der Waals surface area contributed by atoms with E-state index in [0.717, 1.165) is 16.1 Å². The van der Waals surface area contributed by atoms with E-state index in [9.17, 15) is 22.8 Å². The number of carbonyl (C=O) groups is 2. The molecule has 154 valence electrons. The zero-order chi connectivity index (χ0) is 21.0. The molecule has 2 amide bonds. The number of carbonyl (C=O) groups excluding carboxylic acids is 2. The van der Waals surface area contributed by atoms with Gasteiger partial charge < -0.3 is 15.4 Å². The Bertz CT molecular complexity index is 916. The van der Waals surface area contributed by atoms with E-state index in [4.69, 9.17) is 4.74 Å². The summed E-state index contributed by atoms with van der Waals surface area (Å²) in [7, 11) is 0. The average Bonchev–Trinajstić information content (AvgIpc) is 2.73. The molecule has 0 aliphatic carbocycles. The van der Waals surface area contributed by atoms with Crippen LogP contribution in [0.15, 0.2) is 40.9 Å². The lowest BCUT2D eigenvalue weighted by Gasteiger charge is -2.36. The van der Waals surface area contributed by atoms with Crippen molar-refractivity contribution < 1.29 is 27.5 Å². The van der Waals surface area contributed by atoms with Gasteiger partial charge in [0.2, 0.25) is 11.8 Å². The number of ether oxygens (including phenoxy) is 1. The molecule has 0 bridgehead atoms. The van der Waals surface area contributed by atoms with Gasteiger partial charge in [0.15, 0.2) is 17.5 Å². The minimum Gasteiger partial charge on any atom is -0.381 e.